The molecule has 1 aliphatic carbocycles. The molecule has 0 radical (unpaired) electrons. The number of piperazine rings is 1. The molecule has 2 heterocycles. The Hall–Kier alpha value is -4.08. The highest BCUT2D eigenvalue weighted by molar-refractivity contribution is 6.00. The summed E-state index contributed by atoms with van der Waals surface area (Å²) in [4.78, 5) is 40.5. The second kappa shape index (κ2) is 15.3. The van der Waals surface area contributed by atoms with E-state index in [1.165, 1.54) is 0 Å². The largest absolute Gasteiger partial charge is 0.354 e. The molecule has 5 rings (SSSR count). The van der Waals surface area contributed by atoms with Crippen molar-refractivity contribution in [2.75, 3.05) is 57.0 Å². The number of carbonyl (C=O) groups is 2. The van der Waals surface area contributed by atoms with Crippen LogP contribution in [-0.2, 0) is 16.0 Å². The number of likely N-dealkylation sites (N-methyl/N-ethyl adjacent to an activating group) is 1. The van der Waals surface area contributed by atoms with Gasteiger partial charge in [-0.2, -0.15) is 0 Å². The van der Waals surface area contributed by atoms with Gasteiger partial charge < -0.3 is 26.2 Å². The number of anilines is 2. The highest BCUT2D eigenvalue weighted by Crippen LogP contribution is 2.29. The Labute approximate surface area is 267 Å². The lowest BCUT2D eigenvalue weighted by Gasteiger charge is -2.33. The van der Waals surface area contributed by atoms with Gasteiger partial charge in [0.25, 0.3) is 0 Å². The van der Waals surface area contributed by atoms with Gasteiger partial charge in [-0.05, 0) is 98.6 Å². The van der Waals surface area contributed by atoms with Gasteiger partial charge in [0.1, 0.15) is 11.9 Å². The Balaban J connectivity index is 1.29. The smallest absolute Gasteiger partial charge is 0.247 e. The molecule has 45 heavy (non-hydrogen) atoms. The Morgan fingerprint density at radius 1 is 0.956 bits per heavy atom. The van der Waals surface area contributed by atoms with E-state index in [2.05, 4.69) is 55.7 Å². The molecule has 2 amide bonds. The van der Waals surface area contributed by atoms with Crippen LogP contribution in [0.4, 0.5) is 11.5 Å². The van der Waals surface area contributed by atoms with Crippen molar-refractivity contribution in [1.82, 2.24) is 15.2 Å². The molecule has 1 aromatic heterocycles. The first-order chi connectivity index (χ1) is 21.8. The van der Waals surface area contributed by atoms with Crippen molar-refractivity contribution in [3.05, 3.63) is 78.0 Å². The summed E-state index contributed by atoms with van der Waals surface area (Å²) in [6, 6.07) is 19.3. The number of aliphatic imine (C=N–C) groups is 1. The minimum Gasteiger partial charge on any atom is -0.354 e. The summed E-state index contributed by atoms with van der Waals surface area (Å²) in [6.07, 6.45) is 5.77. The Bertz CT molecular complexity index is 1460. The summed E-state index contributed by atoms with van der Waals surface area (Å²) in [5.74, 6) is 1.09. The molecular weight excluding hydrogens is 562 g/mol. The maximum absolute atomic E-state index is 13.6. The minimum absolute atomic E-state index is 0.0550. The standard InChI is InChI=1S/C36H47N7O2/c1-25(38-2)28-12-14-32(15-13-28)40-36(45)33(41-35(44)30-10-6-27(24-37)7-11-30)22-26-4-8-29(9-5-26)31-16-17-39-34(23-31)43-20-18-42(3)19-21-43/h4-5,8-9,12-17,23,27,30,33H,6-7,10-11,18-22,24,37H2,1-3H3,(H,40,45)(H,41,44)/t27?,30?,33-/m0/s1. The number of hydrogen-bond donors (Lipinski definition) is 3. The van der Waals surface area contributed by atoms with Gasteiger partial charge in [0, 0.05) is 63.2 Å². The number of benzene rings is 2. The SMILES string of the molecule is CN=C(C)c1ccc(NC(=O)[C@H](Cc2ccc(-c3ccnc(N4CCN(C)CC4)c3)cc2)NC(=O)C2CCC(CN)CC2)cc1. The topological polar surface area (TPSA) is 116 Å². The van der Waals surface area contributed by atoms with E-state index >= 15 is 0 Å². The molecule has 238 valence electrons. The zero-order chi connectivity index (χ0) is 31.8. The summed E-state index contributed by atoms with van der Waals surface area (Å²) in [5, 5.41) is 6.13. The molecule has 1 aliphatic heterocycles. The van der Waals surface area contributed by atoms with E-state index in [0.717, 1.165) is 85.6 Å². The van der Waals surface area contributed by atoms with Crippen molar-refractivity contribution >= 4 is 29.0 Å². The predicted molar refractivity (Wildman–Crippen MR) is 183 cm³/mol. The molecule has 2 aromatic carbocycles. The highest BCUT2D eigenvalue weighted by Gasteiger charge is 2.29. The summed E-state index contributed by atoms with van der Waals surface area (Å²) in [7, 11) is 3.91. The van der Waals surface area contributed by atoms with E-state index in [4.69, 9.17) is 5.73 Å². The maximum atomic E-state index is 13.6. The first-order valence-electron chi connectivity index (χ1n) is 16.2. The van der Waals surface area contributed by atoms with Crippen molar-refractivity contribution in [2.24, 2.45) is 22.6 Å². The normalized spacial score (nSPS) is 20.0. The molecule has 0 spiro atoms. The Morgan fingerprint density at radius 3 is 2.29 bits per heavy atom. The lowest BCUT2D eigenvalue weighted by atomic mass is 9.81. The molecule has 4 N–H and O–H groups in total. The zero-order valence-electron chi connectivity index (χ0n) is 26.8. The van der Waals surface area contributed by atoms with Gasteiger partial charge in [-0.25, -0.2) is 4.98 Å². The molecule has 3 aromatic rings. The average Bonchev–Trinajstić information content (AvgIpc) is 3.08. The fourth-order valence-electron chi connectivity index (χ4n) is 6.19. The molecule has 1 atom stereocenters. The molecular formula is C36H47N7O2. The van der Waals surface area contributed by atoms with Crippen molar-refractivity contribution in [2.45, 2.75) is 45.1 Å². The van der Waals surface area contributed by atoms with Crippen molar-refractivity contribution in [3.8, 4) is 11.1 Å². The molecule has 9 heteroatoms. The summed E-state index contributed by atoms with van der Waals surface area (Å²) in [5.41, 5.74) is 11.6. The summed E-state index contributed by atoms with van der Waals surface area (Å²) >= 11 is 0. The van der Waals surface area contributed by atoms with Crippen LogP contribution >= 0.6 is 0 Å². The van der Waals surface area contributed by atoms with Gasteiger partial charge in [-0.15, -0.1) is 0 Å². The fraction of sp³-hybridized carbons (Fsp3) is 0.444. The number of amides is 2. The summed E-state index contributed by atoms with van der Waals surface area (Å²) < 4.78 is 0. The van der Waals surface area contributed by atoms with Crippen molar-refractivity contribution < 1.29 is 9.59 Å². The number of aromatic nitrogens is 1. The maximum Gasteiger partial charge on any atom is 0.247 e. The fourth-order valence-corrected chi connectivity index (χ4v) is 6.19. The highest BCUT2D eigenvalue weighted by atomic mass is 16.2. The third-order valence-electron chi connectivity index (χ3n) is 9.39. The Morgan fingerprint density at radius 2 is 1.64 bits per heavy atom. The lowest BCUT2D eigenvalue weighted by molar-refractivity contribution is -0.130. The van der Waals surface area contributed by atoms with Crippen molar-refractivity contribution in [3.63, 3.8) is 0 Å². The van der Waals surface area contributed by atoms with E-state index < -0.39 is 6.04 Å². The lowest BCUT2D eigenvalue weighted by Crippen LogP contribution is -2.48. The van der Waals surface area contributed by atoms with Crippen molar-refractivity contribution in [1.29, 1.82) is 0 Å². The van der Waals surface area contributed by atoms with Crippen LogP contribution < -0.4 is 21.3 Å². The van der Waals surface area contributed by atoms with Crippen LogP contribution in [0.1, 0.15) is 43.7 Å². The van der Waals surface area contributed by atoms with E-state index in [-0.39, 0.29) is 17.7 Å². The van der Waals surface area contributed by atoms with Crippen LogP contribution in [0, 0.1) is 11.8 Å². The van der Waals surface area contributed by atoms with E-state index in [0.29, 0.717) is 24.6 Å². The predicted octanol–water partition coefficient (Wildman–Crippen LogP) is 4.37. The van der Waals surface area contributed by atoms with Gasteiger partial charge in [-0.3, -0.25) is 14.6 Å². The third-order valence-corrected chi connectivity index (χ3v) is 9.39. The number of nitrogens with zero attached hydrogens (tertiary/aromatic N) is 4. The second-order valence-corrected chi connectivity index (χ2v) is 12.5. The van der Waals surface area contributed by atoms with Crippen LogP contribution in [0.3, 0.4) is 0 Å². The van der Waals surface area contributed by atoms with E-state index in [1.54, 1.807) is 7.05 Å². The quantitative estimate of drug-likeness (QED) is 0.294. The number of nitrogens with two attached hydrogens (primary N) is 1. The van der Waals surface area contributed by atoms with Gasteiger partial charge in [0.15, 0.2) is 0 Å². The van der Waals surface area contributed by atoms with Crippen LogP contribution in [0.5, 0.6) is 0 Å². The monoisotopic (exact) mass is 609 g/mol. The van der Waals surface area contributed by atoms with Gasteiger partial charge in [0.2, 0.25) is 11.8 Å². The molecule has 9 nitrogen and oxygen atoms in total. The molecule has 1 saturated heterocycles. The number of rotatable bonds is 10. The van der Waals surface area contributed by atoms with Crippen LogP contribution in [-0.4, -0.2) is 80.3 Å². The van der Waals surface area contributed by atoms with Gasteiger partial charge >= 0.3 is 0 Å². The minimum atomic E-state index is -0.709. The van der Waals surface area contributed by atoms with Crippen LogP contribution in [0.15, 0.2) is 71.9 Å². The molecule has 2 fully saturated rings. The summed E-state index contributed by atoms with van der Waals surface area (Å²) in [6.45, 7) is 6.60. The first kappa shape index (κ1) is 32.3. The number of carbonyl (C=O) groups excluding carboxylic acids is 2. The first-order valence-corrected chi connectivity index (χ1v) is 16.2. The molecule has 0 unspecified atom stereocenters. The number of hydrogen-bond acceptors (Lipinski definition) is 7. The number of pyridine rings is 1. The Kier molecular flexibility index (Phi) is 11.0. The second-order valence-electron chi connectivity index (χ2n) is 12.5. The molecule has 0 bridgehead atoms. The zero-order valence-corrected chi connectivity index (χ0v) is 26.8. The average molecular weight is 610 g/mol. The van der Waals surface area contributed by atoms with E-state index in [9.17, 15) is 9.59 Å². The van der Waals surface area contributed by atoms with Gasteiger partial charge in [0.05, 0.1) is 0 Å². The third kappa shape index (κ3) is 8.55. The number of nitrogens with one attached hydrogen (secondary N) is 2. The molecule has 1 saturated carbocycles. The van der Waals surface area contributed by atoms with Crippen LogP contribution in [0.2, 0.25) is 0 Å². The van der Waals surface area contributed by atoms with Gasteiger partial charge in [-0.1, -0.05) is 36.4 Å². The van der Waals surface area contributed by atoms with Crippen LogP contribution in [0.25, 0.3) is 11.1 Å². The van der Waals surface area contributed by atoms with E-state index in [1.807, 2.05) is 55.6 Å². The molecule has 2 aliphatic rings.